The molecule has 0 aromatic heterocycles. The molecule has 150 valence electrons. The minimum absolute atomic E-state index is 0.0153. The Bertz CT molecular complexity index is 1100. The third-order valence-electron chi connectivity index (χ3n) is 4.57. The number of para-hydroxylation sites is 1. The first-order valence-electron chi connectivity index (χ1n) is 9.11. The Balaban J connectivity index is 1.85. The Labute approximate surface area is 171 Å². The average molecular weight is 410 g/mol. The zero-order chi connectivity index (χ0) is 21.1. The molecule has 0 saturated heterocycles. The molecule has 0 atom stereocenters. The van der Waals surface area contributed by atoms with E-state index in [0.717, 1.165) is 16.9 Å². The van der Waals surface area contributed by atoms with Gasteiger partial charge in [0.1, 0.15) is 24.0 Å². The molecule has 0 fully saturated rings. The number of ether oxygens (including phenoxy) is 1. The normalized spacial score (nSPS) is 13.2. The van der Waals surface area contributed by atoms with Crippen molar-refractivity contribution >= 4 is 30.7 Å². The number of aliphatic imine (C=N–C) groups is 1. The van der Waals surface area contributed by atoms with Gasteiger partial charge in [-0.2, -0.15) is 0 Å². The molecule has 0 spiro atoms. The molecule has 1 aliphatic rings. The van der Waals surface area contributed by atoms with Gasteiger partial charge in [-0.3, -0.25) is 13.6 Å². The van der Waals surface area contributed by atoms with Crippen molar-refractivity contribution < 1.29 is 22.1 Å². The molecule has 0 unspecified atom stereocenters. The number of rotatable bonds is 5. The second kappa shape index (κ2) is 8.45. The second-order valence-electron chi connectivity index (χ2n) is 6.52. The summed E-state index contributed by atoms with van der Waals surface area (Å²) in [6, 6.07) is 17.2. The lowest BCUT2D eigenvalue weighted by molar-refractivity contribution is 0.352. The molecule has 0 N–H and O–H groups in total. The quantitative estimate of drug-likeness (QED) is 0.297. The van der Waals surface area contributed by atoms with Crippen LogP contribution in [0.1, 0.15) is 5.56 Å². The van der Waals surface area contributed by atoms with Gasteiger partial charge in [0.15, 0.2) is 0 Å². The fourth-order valence-electron chi connectivity index (χ4n) is 3.19. The maximum Gasteiger partial charge on any atom is 0.678 e. The van der Waals surface area contributed by atoms with Gasteiger partial charge < -0.3 is 9.55 Å². The van der Waals surface area contributed by atoms with Crippen LogP contribution in [0.25, 0.3) is 5.70 Å². The molecule has 8 heteroatoms. The molecule has 4 rings (SSSR count). The average Bonchev–Trinajstić information content (AvgIpc) is 2.75. The van der Waals surface area contributed by atoms with Crippen LogP contribution in [-0.2, 0) is 0 Å². The highest BCUT2D eigenvalue weighted by Crippen LogP contribution is 2.38. The lowest BCUT2D eigenvalue weighted by atomic mass is 9.96. The standard InChI is InChI=1S/C22H15BF4N2O/c24-16-5-9-18(10-6-16)28-13-15-14-30-21-4-2-1-3-20(21)22(15)29(23(26)27)19-11-7-17(25)8-12-19/h1-13H,14H2. The third-order valence-corrected chi connectivity index (χ3v) is 4.57. The molecule has 1 aliphatic heterocycles. The molecule has 3 aromatic carbocycles. The summed E-state index contributed by atoms with van der Waals surface area (Å²) in [5, 5.41) is 0. The predicted molar refractivity (Wildman–Crippen MR) is 110 cm³/mol. The van der Waals surface area contributed by atoms with Crippen molar-refractivity contribution in [3.05, 3.63) is 95.6 Å². The first kappa shape index (κ1) is 19.8. The minimum atomic E-state index is -2.90. The summed E-state index contributed by atoms with van der Waals surface area (Å²) in [7, 11) is -2.90. The first-order chi connectivity index (χ1) is 14.5. The minimum Gasteiger partial charge on any atom is -0.488 e. The largest absolute Gasteiger partial charge is 0.678 e. The highest BCUT2D eigenvalue weighted by atomic mass is 19.2. The summed E-state index contributed by atoms with van der Waals surface area (Å²) in [5.41, 5.74) is 1.68. The van der Waals surface area contributed by atoms with Crippen molar-refractivity contribution in [3.63, 3.8) is 0 Å². The molecule has 30 heavy (non-hydrogen) atoms. The number of benzene rings is 3. The molecule has 3 aromatic rings. The summed E-state index contributed by atoms with van der Waals surface area (Å²) < 4.78 is 60.6. The summed E-state index contributed by atoms with van der Waals surface area (Å²) in [5.74, 6) is -0.462. The zero-order valence-electron chi connectivity index (χ0n) is 15.6. The van der Waals surface area contributed by atoms with Crippen molar-refractivity contribution in [2.75, 3.05) is 11.4 Å². The molecule has 0 aliphatic carbocycles. The van der Waals surface area contributed by atoms with Gasteiger partial charge in [-0.25, -0.2) is 8.78 Å². The van der Waals surface area contributed by atoms with Crippen LogP contribution in [0.3, 0.4) is 0 Å². The molecular weight excluding hydrogens is 395 g/mol. The van der Waals surface area contributed by atoms with Crippen LogP contribution in [0.2, 0.25) is 0 Å². The van der Waals surface area contributed by atoms with Crippen LogP contribution >= 0.6 is 0 Å². The predicted octanol–water partition coefficient (Wildman–Crippen LogP) is 5.90. The molecule has 3 nitrogen and oxygen atoms in total. The maximum atomic E-state index is 14.2. The van der Waals surface area contributed by atoms with Crippen molar-refractivity contribution in [1.29, 1.82) is 0 Å². The Morgan fingerprint density at radius 3 is 2.17 bits per heavy atom. The van der Waals surface area contributed by atoms with Gasteiger partial charge in [0.05, 0.1) is 11.4 Å². The maximum absolute atomic E-state index is 14.2. The Morgan fingerprint density at radius 1 is 0.867 bits per heavy atom. The fraction of sp³-hybridized carbons (Fsp3) is 0.0455. The number of fused-ring (bicyclic) bond motifs is 1. The highest BCUT2D eigenvalue weighted by molar-refractivity contribution is 6.52. The molecule has 0 bridgehead atoms. The molecule has 0 saturated carbocycles. The van der Waals surface area contributed by atoms with Gasteiger partial charge in [-0.1, -0.05) is 12.1 Å². The van der Waals surface area contributed by atoms with E-state index in [1.54, 1.807) is 24.3 Å². The van der Waals surface area contributed by atoms with Crippen LogP contribution in [0.15, 0.2) is 83.4 Å². The molecule has 1 heterocycles. The van der Waals surface area contributed by atoms with E-state index in [1.807, 2.05) is 0 Å². The van der Waals surface area contributed by atoms with Crippen molar-refractivity contribution in [2.45, 2.75) is 0 Å². The van der Waals surface area contributed by atoms with Crippen LogP contribution < -0.4 is 9.55 Å². The summed E-state index contributed by atoms with van der Waals surface area (Å²) in [4.78, 5) is 5.11. The lowest BCUT2D eigenvalue weighted by Gasteiger charge is -2.31. The van der Waals surface area contributed by atoms with Crippen LogP contribution in [0.4, 0.5) is 28.8 Å². The number of anilines is 1. The number of hydrogen-bond acceptors (Lipinski definition) is 3. The zero-order valence-corrected chi connectivity index (χ0v) is 15.6. The van der Waals surface area contributed by atoms with Gasteiger partial charge in [-0.15, -0.1) is 0 Å². The van der Waals surface area contributed by atoms with E-state index in [4.69, 9.17) is 4.74 Å². The SMILES string of the molecule is FB(F)N(C1=C(C=Nc2ccc(F)cc2)COc2ccccc21)c1ccc(F)cc1. The number of halogens is 4. The van der Waals surface area contributed by atoms with Gasteiger partial charge in [0.2, 0.25) is 0 Å². The lowest BCUT2D eigenvalue weighted by Crippen LogP contribution is -2.34. The smallest absolute Gasteiger partial charge is 0.488 e. The van der Waals surface area contributed by atoms with Crippen LogP contribution in [-0.4, -0.2) is 20.2 Å². The number of hydrogen-bond donors (Lipinski definition) is 0. The van der Waals surface area contributed by atoms with Crippen molar-refractivity contribution in [3.8, 4) is 5.75 Å². The Kier molecular flexibility index (Phi) is 5.56. The molecule has 0 radical (unpaired) electrons. The highest BCUT2D eigenvalue weighted by Gasteiger charge is 2.34. The second-order valence-corrected chi connectivity index (χ2v) is 6.52. The van der Waals surface area contributed by atoms with E-state index in [9.17, 15) is 17.4 Å². The van der Waals surface area contributed by atoms with Crippen molar-refractivity contribution in [2.24, 2.45) is 4.99 Å². The van der Waals surface area contributed by atoms with Gasteiger partial charge >= 0.3 is 7.40 Å². The van der Waals surface area contributed by atoms with Gasteiger partial charge in [0, 0.05) is 23.0 Å². The number of nitrogens with zero attached hydrogens (tertiary/aromatic N) is 2. The van der Waals surface area contributed by atoms with E-state index in [0.29, 0.717) is 22.6 Å². The van der Waals surface area contributed by atoms with Gasteiger partial charge in [-0.05, 0) is 60.7 Å². The van der Waals surface area contributed by atoms with E-state index in [-0.39, 0.29) is 18.0 Å². The van der Waals surface area contributed by atoms with Crippen LogP contribution in [0.5, 0.6) is 5.75 Å². The monoisotopic (exact) mass is 410 g/mol. The van der Waals surface area contributed by atoms with Crippen LogP contribution in [0, 0.1) is 11.6 Å². The first-order valence-corrected chi connectivity index (χ1v) is 9.11. The summed E-state index contributed by atoms with van der Waals surface area (Å²) in [6.45, 7) is 0.0153. The van der Waals surface area contributed by atoms with Gasteiger partial charge in [0.25, 0.3) is 0 Å². The van der Waals surface area contributed by atoms with E-state index in [1.165, 1.54) is 42.6 Å². The Hall–Kier alpha value is -3.55. The van der Waals surface area contributed by atoms with Crippen molar-refractivity contribution in [1.82, 2.24) is 0 Å². The Morgan fingerprint density at radius 2 is 1.50 bits per heavy atom. The summed E-state index contributed by atoms with van der Waals surface area (Å²) in [6.07, 6.45) is 1.43. The van der Waals surface area contributed by atoms with E-state index >= 15 is 0 Å². The topological polar surface area (TPSA) is 24.8 Å². The molecular formula is C22H15BF4N2O. The van der Waals surface area contributed by atoms with E-state index < -0.39 is 19.0 Å². The summed E-state index contributed by atoms with van der Waals surface area (Å²) >= 11 is 0. The van der Waals surface area contributed by atoms with E-state index in [2.05, 4.69) is 4.99 Å². The molecule has 0 amide bonds. The fourth-order valence-corrected chi connectivity index (χ4v) is 3.19. The third kappa shape index (κ3) is 4.08.